The highest BCUT2D eigenvalue weighted by molar-refractivity contribution is 5.88. The number of hydrogen-bond acceptors (Lipinski definition) is 3. The Hall–Kier alpha value is -3.00. The molecular weight excluding hydrogens is 433 g/mol. The zero-order chi connectivity index (χ0) is 23.8. The number of aromatic amines is 1. The molecule has 8 heteroatoms. The zero-order valence-electron chi connectivity index (χ0n) is 18.6. The minimum Gasteiger partial charge on any atom is -0.496 e. The Morgan fingerprint density at radius 3 is 2.61 bits per heavy atom. The van der Waals surface area contributed by atoms with E-state index in [0.29, 0.717) is 19.4 Å². The van der Waals surface area contributed by atoms with E-state index in [2.05, 4.69) is 4.98 Å². The SMILES string of the molecule is COc1cc(C)c2[nH]ccc2c1CC1CCN(CC(F)(F)F)CC1c1ccc(C(=O)O)cc1. The Morgan fingerprint density at radius 2 is 1.97 bits per heavy atom. The number of aromatic nitrogens is 1. The van der Waals surface area contributed by atoms with Gasteiger partial charge in [-0.2, -0.15) is 13.2 Å². The molecule has 0 saturated carbocycles. The summed E-state index contributed by atoms with van der Waals surface area (Å²) in [7, 11) is 1.63. The van der Waals surface area contributed by atoms with Crippen LogP contribution in [-0.4, -0.2) is 53.9 Å². The van der Waals surface area contributed by atoms with E-state index in [1.165, 1.54) is 17.0 Å². The number of aryl methyl sites for hydroxylation is 1. The fraction of sp³-hybridized carbons (Fsp3) is 0.400. The molecule has 5 nitrogen and oxygen atoms in total. The number of nitrogens with one attached hydrogen (secondary N) is 1. The second-order valence-corrected chi connectivity index (χ2v) is 8.78. The number of benzene rings is 2. The van der Waals surface area contributed by atoms with Gasteiger partial charge in [0.2, 0.25) is 0 Å². The average molecular weight is 460 g/mol. The lowest BCUT2D eigenvalue weighted by Gasteiger charge is -2.39. The summed E-state index contributed by atoms with van der Waals surface area (Å²) in [6.45, 7) is 1.69. The maximum Gasteiger partial charge on any atom is 0.401 e. The number of nitrogens with zero attached hydrogens (tertiary/aromatic N) is 1. The highest BCUT2D eigenvalue weighted by Crippen LogP contribution is 2.40. The molecule has 2 N–H and O–H groups in total. The van der Waals surface area contributed by atoms with Gasteiger partial charge in [-0.05, 0) is 73.5 Å². The molecule has 2 heterocycles. The van der Waals surface area contributed by atoms with Crippen molar-refractivity contribution in [1.29, 1.82) is 0 Å². The van der Waals surface area contributed by atoms with E-state index < -0.39 is 18.7 Å². The highest BCUT2D eigenvalue weighted by atomic mass is 19.4. The zero-order valence-corrected chi connectivity index (χ0v) is 18.6. The predicted octanol–water partition coefficient (Wildman–Crippen LogP) is 5.39. The first-order valence-electron chi connectivity index (χ1n) is 10.9. The molecule has 1 saturated heterocycles. The smallest absolute Gasteiger partial charge is 0.401 e. The molecule has 2 aromatic carbocycles. The van der Waals surface area contributed by atoms with Gasteiger partial charge >= 0.3 is 12.1 Å². The quantitative estimate of drug-likeness (QED) is 0.518. The molecule has 2 unspecified atom stereocenters. The Morgan fingerprint density at radius 1 is 1.24 bits per heavy atom. The molecule has 1 aromatic heterocycles. The maximum absolute atomic E-state index is 13.1. The minimum absolute atomic E-state index is 0.0832. The molecular formula is C25H27F3N2O3. The topological polar surface area (TPSA) is 65.6 Å². The van der Waals surface area contributed by atoms with Gasteiger partial charge in [-0.3, -0.25) is 4.90 Å². The molecule has 0 spiro atoms. The number of alkyl halides is 3. The van der Waals surface area contributed by atoms with E-state index in [-0.39, 0.29) is 23.9 Å². The van der Waals surface area contributed by atoms with Crippen molar-refractivity contribution in [3.63, 3.8) is 0 Å². The Balaban J connectivity index is 1.68. The van der Waals surface area contributed by atoms with Crippen molar-refractivity contribution < 1.29 is 27.8 Å². The molecule has 1 aliphatic heterocycles. The van der Waals surface area contributed by atoms with Crippen LogP contribution in [0.5, 0.6) is 5.75 Å². The second-order valence-electron chi connectivity index (χ2n) is 8.78. The maximum atomic E-state index is 13.1. The summed E-state index contributed by atoms with van der Waals surface area (Å²) in [6, 6.07) is 10.5. The molecule has 1 fully saturated rings. The van der Waals surface area contributed by atoms with Gasteiger partial charge in [0.1, 0.15) is 5.75 Å². The number of methoxy groups -OCH3 is 1. The molecule has 3 aromatic rings. The largest absolute Gasteiger partial charge is 0.496 e. The van der Waals surface area contributed by atoms with Gasteiger partial charge in [-0.15, -0.1) is 0 Å². The van der Waals surface area contributed by atoms with Gasteiger partial charge in [0.05, 0.1) is 19.2 Å². The van der Waals surface area contributed by atoms with E-state index in [0.717, 1.165) is 33.3 Å². The van der Waals surface area contributed by atoms with Crippen LogP contribution in [0.25, 0.3) is 10.9 Å². The standard InChI is InChI=1S/C25H27F3N2O3/c1-15-11-22(33-2)20(19-7-9-29-23(15)19)12-18-8-10-30(14-25(26,27)28)13-21(18)16-3-5-17(6-4-16)24(31)32/h3-7,9,11,18,21,29H,8,10,12-14H2,1-2H3,(H,31,32). The molecule has 0 bridgehead atoms. The second kappa shape index (κ2) is 9.09. The van der Waals surface area contributed by atoms with Crippen molar-refractivity contribution in [1.82, 2.24) is 9.88 Å². The van der Waals surface area contributed by atoms with Crippen molar-refractivity contribution in [2.75, 3.05) is 26.7 Å². The van der Waals surface area contributed by atoms with Crippen molar-refractivity contribution in [2.24, 2.45) is 5.92 Å². The lowest BCUT2D eigenvalue weighted by Crippen LogP contribution is -2.44. The van der Waals surface area contributed by atoms with Crippen LogP contribution >= 0.6 is 0 Å². The predicted molar refractivity (Wildman–Crippen MR) is 120 cm³/mol. The van der Waals surface area contributed by atoms with Gasteiger partial charge in [0.15, 0.2) is 0 Å². The fourth-order valence-corrected chi connectivity index (χ4v) is 5.05. The summed E-state index contributed by atoms with van der Waals surface area (Å²) in [6.07, 6.45) is -1.12. The van der Waals surface area contributed by atoms with E-state index >= 15 is 0 Å². The number of halogens is 3. The fourth-order valence-electron chi connectivity index (χ4n) is 5.05. The number of H-pyrrole nitrogens is 1. The normalized spacial score (nSPS) is 19.7. The van der Waals surface area contributed by atoms with E-state index in [1.807, 2.05) is 25.3 Å². The van der Waals surface area contributed by atoms with E-state index in [9.17, 15) is 23.1 Å². The van der Waals surface area contributed by atoms with E-state index in [1.54, 1.807) is 19.2 Å². The third-order valence-electron chi connectivity index (χ3n) is 6.63. The minimum atomic E-state index is -4.26. The van der Waals surface area contributed by atoms with Crippen LogP contribution in [0.1, 0.15) is 39.4 Å². The number of hydrogen-bond donors (Lipinski definition) is 2. The lowest BCUT2D eigenvalue weighted by molar-refractivity contribution is -0.149. The first-order valence-corrected chi connectivity index (χ1v) is 10.9. The first-order chi connectivity index (χ1) is 15.7. The van der Waals surface area contributed by atoms with Crippen LogP contribution in [0, 0.1) is 12.8 Å². The summed E-state index contributed by atoms with van der Waals surface area (Å²) in [5.41, 5.74) is 4.15. The Labute approximate surface area is 190 Å². The summed E-state index contributed by atoms with van der Waals surface area (Å²) < 4.78 is 45.0. The Kier molecular flexibility index (Phi) is 6.38. The molecule has 0 amide bonds. The summed E-state index contributed by atoms with van der Waals surface area (Å²) in [4.78, 5) is 16.0. The third kappa shape index (κ3) is 5.00. The average Bonchev–Trinajstić information content (AvgIpc) is 3.26. The summed E-state index contributed by atoms with van der Waals surface area (Å²) >= 11 is 0. The number of carboxylic acid groups (broad SMARTS) is 1. The van der Waals surface area contributed by atoms with Gasteiger partial charge < -0.3 is 14.8 Å². The molecule has 0 aliphatic carbocycles. The summed E-state index contributed by atoms with van der Waals surface area (Å²) in [5, 5.41) is 10.3. The van der Waals surface area contributed by atoms with Gasteiger partial charge in [-0.25, -0.2) is 4.79 Å². The number of carbonyl (C=O) groups is 1. The van der Waals surface area contributed by atoms with Crippen molar-refractivity contribution in [3.8, 4) is 5.75 Å². The first kappa shape index (κ1) is 23.2. The van der Waals surface area contributed by atoms with Gasteiger partial charge in [-0.1, -0.05) is 12.1 Å². The van der Waals surface area contributed by atoms with Crippen LogP contribution in [0.4, 0.5) is 13.2 Å². The van der Waals surface area contributed by atoms with Crippen LogP contribution in [-0.2, 0) is 6.42 Å². The molecule has 2 atom stereocenters. The van der Waals surface area contributed by atoms with Crippen LogP contribution in [0.3, 0.4) is 0 Å². The molecule has 176 valence electrons. The number of ether oxygens (including phenoxy) is 1. The van der Waals surface area contributed by atoms with Crippen molar-refractivity contribution in [2.45, 2.75) is 31.9 Å². The van der Waals surface area contributed by atoms with Crippen LogP contribution < -0.4 is 4.74 Å². The van der Waals surface area contributed by atoms with E-state index in [4.69, 9.17) is 4.74 Å². The number of rotatable bonds is 6. The van der Waals surface area contributed by atoms with Crippen LogP contribution in [0.15, 0.2) is 42.6 Å². The lowest BCUT2D eigenvalue weighted by atomic mass is 9.76. The highest BCUT2D eigenvalue weighted by Gasteiger charge is 2.37. The van der Waals surface area contributed by atoms with Crippen LogP contribution in [0.2, 0.25) is 0 Å². The molecule has 1 aliphatic rings. The molecule has 33 heavy (non-hydrogen) atoms. The summed E-state index contributed by atoms with van der Waals surface area (Å²) in [5.74, 6) is -0.333. The number of likely N-dealkylation sites (tertiary alicyclic amines) is 1. The number of piperidine rings is 1. The van der Waals surface area contributed by atoms with Gasteiger partial charge in [0, 0.05) is 29.2 Å². The monoisotopic (exact) mass is 460 g/mol. The number of fused-ring (bicyclic) bond motifs is 1. The molecule has 0 radical (unpaired) electrons. The van der Waals surface area contributed by atoms with Crippen molar-refractivity contribution >= 4 is 16.9 Å². The van der Waals surface area contributed by atoms with Gasteiger partial charge in [0.25, 0.3) is 0 Å². The number of aromatic carboxylic acids is 1. The third-order valence-corrected chi connectivity index (χ3v) is 6.63. The number of carboxylic acids is 1. The van der Waals surface area contributed by atoms with Crippen molar-refractivity contribution in [3.05, 3.63) is 64.8 Å². The molecule has 4 rings (SSSR count). The Bertz CT molecular complexity index is 1140.